The Balaban J connectivity index is 1.94. The summed E-state index contributed by atoms with van der Waals surface area (Å²) in [5.74, 6) is 0. The molecule has 0 aliphatic heterocycles. The van der Waals surface area contributed by atoms with E-state index in [-0.39, 0.29) is 0 Å². The summed E-state index contributed by atoms with van der Waals surface area (Å²) in [4.78, 5) is 0. The van der Waals surface area contributed by atoms with Gasteiger partial charge in [0.25, 0.3) is 0 Å². The van der Waals surface area contributed by atoms with Crippen molar-refractivity contribution in [3.05, 3.63) is 34.9 Å². The molecular weight excluding hydrogens is 296 g/mol. The molecule has 0 heterocycles. The summed E-state index contributed by atoms with van der Waals surface area (Å²) in [6, 6.07) is 7.23. The van der Waals surface area contributed by atoms with Gasteiger partial charge in [0.05, 0.1) is 0 Å². The molecule has 0 radical (unpaired) electrons. The van der Waals surface area contributed by atoms with Crippen molar-refractivity contribution in [1.82, 2.24) is 0 Å². The highest BCUT2D eigenvalue weighted by Crippen LogP contribution is 2.52. The lowest BCUT2D eigenvalue weighted by atomic mass is 9.58. The fraction of sp³-hybridized carbons (Fsp3) is 0.667. The first kappa shape index (κ1) is 13.7. The van der Waals surface area contributed by atoms with E-state index in [4.69, 9.17) is 0 Å². The second-order valence-electron chi connectivity index (χ2n) is 7.42. The number of halogens is 1. The first-order chi connectivity index (χ1) is 9.05. The molecule has 3 rings (SSSR count). The smallest absolute Gasteiger partial charge is 0.0283 e. The number of hydrogen-bond acceptors (Lipinski definition) is 0. The van der Waals surface area contributed by atoms with Crippen LogP contribution in [0.25, 0.3) is 0 Å². The van der Waals surface area contributed by atoms with Crippen LogP contribution < -0.4 is 0 Å². The molecule has 1 aromatic carbocycles. The van der Waals surface area contributed by atoms with Crippen LogP contribution in [0, 0.1) is 5.41 Å². The predicted octanol–water partition coefficient (Wildman–Crippen LogP) is 5.76. The third-order valence-corrected chi connectivity index (χ3v) is 6.20. The molecule has 1 saturated carbocycles. The number of benzene rings is 1. The predicted molar refractivity (Wildman–Crippen MR) is 85.9 cm³/mol. The molecule has 0 saturated heterocycles. The van der Waals surface area contributed by atoms with Gasteiger partial charge in [-0.05, 0) is 72.5 Å². The Bertz CT molecular complexity index is 463. The molecule has 0 nitrogen and oxygen atoms in total. The molecule has 0 unspecified atom stereocenters. The molecule has 1 heteroatoms. The Kier molecular flexibility index (Phi) is 3.53. The maximum absolute atomic E-state index is 3.59. The lowest BCUT2D eigenvalue weighted by Crippen LogP contribution is -2.37. The molecule has 0 bridgehead atoms. The summed E-state index contributed by atoms with van der Waals surface area (Å²) < 4.78 is 0. The van der Waals surface area contributed by atoms with E-state index < -0.39 is 0 Å². The molecule has 0 N–H and O–H groups in total. The van der Waals surface area contributed by atoms with Crippen molar-refractivity contribution >= 4 is 15.9 Å². The molecule has 1 fully saturated rings. The first-order valence-corrected chi connectivity index (χ1v) is 8.85. The van der Waals surface area contributed by atoms with Crippen LogP contribution in [-0.2, 0) is 17.2 Å². The van der Waals surface area contributed by atoms with Crippen molar-refractivity contribution in [2.45, 2.75) is 69.5 Å². The van der Waals surface area contributed by atoms with Crippen LogP contribution in [0.3, 0.4) is 0 Å². The quantitative estimate of drug-likeness (QED) is 0.577. The van der Waals surface area contributed by atoms with Crippen LogP contribution in [0.1, 0.15) is 69.1 Å². The third kappa shape index (κ3) is 2.51. The molecular formula is C18H25Br. The summed E-state index contributed by atoms with van der Waals surface area (Å²) in [5, 5.41) is 0.986. The second-order valence-corrected chi connectivity index (χ2v) is 7.98. The molecule has 2 aliphatic rings. The monoisotopic (exact) mass is 320 g/mol. The Labute approximate surface area is 126 Å². The van der Waals surface area contributed by atoms with E-state index in [9.17, 15) is 0 Å². The highest BCUT2D eigenvalue weighted by molar-refractivity contribution is 9.08. The third-order valence-electron chi connectivity index (χ3n) is 5.56. The maximum atomic E-state index is 3.59. The van der Waals surface area contributed by atoms with E-state index >= 15 is 0 Å². The topological polar surface area (TPSA) is 0 Å². The minimum Gasteiger partial charge on any atom is -0.0876 e. The molecule has 19 heavy (non-hydrogen) atoms. The van der Waals surface area contributed by atoms with Gasteiger partial charge in [0.2, 0.25) is 0 Å². The van der Waals surface area contributed by atoms with Gasteiger partial charge < -0.3 is 0 Å². The summed E-state index contributed by atoms with van der Waals surface area (Å²) >= 11 is 3.59. The Morgan fingerprint density at radius 3 is 2.47 bits per heavy atom. The Morgan fingerprint density at radius 2 is 1.79 bits per heavy atom. The van der Waals surface area contributed by atoms with E-state index in [0.717, 1.165) is 5.33 Å². The summed E-state index contributed by atoms with van der Waals surface area (Å²) in [6.45, 7) is 4.88. The average Bonchev–Trinajstić information content (AvgIpc) is 2.42. The summed E-state index contributed by atoms with van der Waals surface area (Å²) in [7, 11) is 0. The van der Waals surface area contributed by atoms with Crippen LogP contribution in [0.15, 0.2) is 18.2 Å². The molecule has 104 valence electrons. The number of hydrogen-bond donors (Lipinski definition) is 0. The van der Waals surface area contributed by atoms with Gasteiger partial charge in [-0.25, -0.2) is 0 Å². The Morgan fingerprint density at radius 1 is 1.05 bits per heavy atom. The van der Waals surface area contributed by atoms with E-state index in [0.29, 0.717) is 10.8 Å². The van der Waals surface area contributed by atoms with Crippen LogP contribution >= 0.6 is 15.9 Å². The van der Waals surface area contributed by atoms with Gasteiger partial charge in [-0.2, -0.15) is 0 Å². The number of aryl methyl sites for hydroxylation is 1. The van der Waals surface area contributed by atoms with E-state index in [1.807, 2.05) is 0 Å². The van der Waals surface area contributed by atoms with Crippen LogP contribution in [-0.4, -0.2) is 0 Å². The summed E-state index contributed by atoms with van der Waals surface area (Å²) in [5.41, 5.74) is 5.86. The SMILES string of the molecule is CC1(C)CCC2(CCCc3cc(CBr)ccc32)CC1. The zero-order chi connectivity index (χ0) is 13.5. The highest BCUT2D eigenvalue weighted by atomic mass is 79.9. The van der Waals surface area contributed by atoms with Crippen molar-refractivity contribution in [3.8, 4) is 0 Å². The summed E-state index contributed by atoms with van der Waals surface area (Å²) in [6.07, 6.45) is 9.70. The number of fused-ring (bicyclic) bond motifs is 2. The minimum atomic E-state index is 0.522. The van der Waals surface area contributed by atoms with E-state index in [2.05, 4.69) is 48.0 Å². The molecule has 0 amide bonds. The van der Waals surface area contributed by atoms with Gasteiger partial charge >= 0.3 is 0 Å². The molecule has 1 aromatic rings. The van der Waals surface area contributed by atoms with E-state index in [1.54, 1.807) is 11.1 Å². The molecule has 2 aliphatic carbocycles. The van der Waals surface area contributed by atoms with Crippen molar-refractivity contribution in [2.24, 2.45) is 5.41 Å². The number of rotatable bonds is 1. The second kappa shape index (κ2) is 4.91. The van der Waals surface area contributed by atoms with Crippen molar-refractivity contribution in [1.29, 1.82) is 0 Å². The first-order valence-electron chi connectivity index (χ1n) is 7.73. The van der Waals surface area contributed by atoms with Crippen LogP contribution in [0.5, 0.6) is 0 Å². The van der Waals surface area contributed by atoms with Crippen LogP contribution in [0.2, 0.25) is 0 Å². The lowest BCUT2D eigenvalue weighted by Gasteiger charge is -2.47. The van der Waals surface area contributed by atoms with Gasteiger partial charge in [-0.1, -0.05) is 48.0 Å². The molecule has 1 spiro atoms. The zero-order valence-corrected chi connectivity index (χ0v) is 13.9. The molecule has 0 aromatic heterocycles. The Hall–Kier alpha value is -0.300. The van der Waals surface area contributed by atoms with Crippen molar-refractivity contribution in [2.75, 3.05) is 0 Å². The van der Waals surface area contributed by atoms with Crippen LogP contribution in [0.4, 0.5) is 0 Å². The standard InChI is InChI=1S/C18H25Br/c1-17(2)8-10-18(11-9-17)7-3-4-15-12-14(13-19)5-6-16(15)18/h5-6,12H,3-4,7-11,13H2,1-2H3. The van der Waals surface area contributed by atoms with Gasteiger partial charge in [-0.3, -0.25) is 0 Å². The van der Waals surface area contributed by atoms with Crippen molar-refractivity contribution in [3.63, 3.8) is 0 Å². The largest absolute Gasteiger partial charge is 0.0876 e. The molecule has 0 atom stereocenters. The highest BCUT2D eigenvalue weighted by Gasteiger charge is 2.41. The number of alkyl halides is 1. The fourth-order valence-corrected chi connectivity index (χ4v) is 4.48. The van der Waals surface area contributed by atoms with Gasteiger partial charge in [0.15, 0.2) is 0 Å². The lowest BCUT2D eigenvalue weighted by molar-refractivity contribution is 0.146. The average molecular weight is 321 g/mol. The van der Waals surface area contributed by atoms with Crippen molar-refractivity contribution < 1.29 is 0 Å². The fourth-order valence-electron chi connectivity index (χ4n) is 4.13. The normalized spacial score (nSPS) is 24.2. The van der Waals surface area contributed by atoms with Gasteiger partial charge in [0, 0.05) is 5.33 Å². The van der Waals surface area contributed by atoms with E-state index in [1.165, 1.54) is 50.5 Å². The maximum Gasteiger partial charge on any atom is 0.0283 e. The van der Waals surface area contributed by atoms with Gasteiger partial charge in [-0.15, -0.1) is 0 Å². The van der Waals surface area contributed by atoms with Gasteiger partial charge in [0.1, 0.15) is 0 Å². The minimum absolute atomic E-state index is 0.522. The zero-order valence-electron chi connectivity index (χ0n) is 12.3.